The normalized spacial score (nSPS) is 25.0. The van der Waals surface area contributed by atoms with Gasteiger partial charge in [0.05, 0.1) is 5.69 Å². The highest BCUT2D eigenvalue weighted by Crippen LogP contribution is 2.58. The lowest BCUT2D eigenvalue weighted by Gasteiger charge is -2.47. The average molecular weight is 979 g/mol. The first-order chi connectivity index (χ1) is 36.3. The largest absolute Gasteiger partial charge is 0.375 e. The van der Waals surface area contributed by atoms with Gasteiger partial charge >= 0.3 is 6.85 Å². The summed E-state index contributed by atoms with van der Waals surface area (Å²) in [5.74, 6) is 2.41. The maximum Gasteiger partial charge on any atom is 0.333 e. The van der Waals surface area contributed by atoms with E-state index in [1.807, 2.05) is 0 Å². The van der Waals surface area contributed by atoms with E-state index in [1.54, 1.807) is 16.7 Å². The van der Waals surface area contributed by atoms with Gasteiger partial charge in [-0.15, -0.1) is 0 Å². The highest BCUT2D eigenvalue weighted by Gasteiger charge is 2.50. The number of nitrogens with zero attached hydrogens (tertiary/aromatic N) is 2. The summed E-state index contributed by atoms with van der Waals surface area (Å²) in [4.78, 5) is 2.75. The molecule has 4 bridgehead atoms. The van der Waals surface area contributed by atoms with E-state index in [2.05, 4.69) is 198 Å². The Bertz CT molecular complexity index is 3740. The third-order valence-electron chi connectivity index (χ3n) is 21.4. The summed E-state index contributed by atoms with van der Waals surface area (Å²) in [7, 11) is 0. The highest BCUT2D eigenvalue weighted by atomic mass is 15.2. The molecule has 0 amide bonds. The molecule has 8 aromatic rings. The van der Waals surface area contributed by atoms with E-state index in [-0.39, 0.29) is 28.5 Å². The molecule has 7 aliphatic rings. The number of hydrogen-bond acceptors (Lipinski definition) is 1. The molecule has 15 rings (SSSR count). The van der Waals surface area contributed by atoms with Gasteiger partial charge in [0.2, 0.25) is 0 Å². The second-order valence-corrected chi connectivity index (χ2v) is 26.7. The van der Waals surface area contributed by atoms with E-state index >= 15 is 0 Å². The van der Waals surface area contributed by atoms with Crippen molar-refractivity contribution in [2.45, 2.75) is 161 Å². The molecule has 0 spiro atoms. The van der Waals surface area contributed by atoms with Gasteiger partial charge in [-0.25, -0.2) is 0 Å². The van der Waals surface area contributed by atoms with E-state index in [4.69, 9.17) is 0 Å². The van der Waals surface area contributed by atoms with Crippen molar-refractivity contribution < 1.29 is 0 Å². The molecule has 0 radical (unpaired) electrons. The molecule has 7 aromatic carbocycles. The van der Waals surface area contributed by atoms with Crippen LogP contribution in [0.2, 0.25) is 0 Å². The fourth-order valence-electron chi connectivity index (χ4n) is 17.9. The second-order valence-electron chi connectivity index (χ2n) is 26.7. The first-order valence-electron chi connectivity index (χ1n) is 29.5. The zero-order chi connectivity index (χ0) is 50.9. The summed E-state index contributed by atoms with van der Waals surface area (Å²) in [5, 5.41) is 2.95. The molecule has 3 heterocycles. The van der Waals surface area contributed by atoms with Crippen LogP contribution in [-0.2, 0) is 28.1 Å². The number of aryl methyl sites for hydroxylation is 2. The van der Waals surface area contributed by atoms with E-state index in [0.717, 1.165) is 24.2 Å². The maximum absolute atomic E-state index is 2.89. The zero-order valence-electron chi connectivity index (χ0n) is 46.1. The summed E-state index contributed by atoms with van der Waals surface area (Å²) in [5.41, 5.74) is 28.5. The molecular formula is C72H75BN2. The molecule has 2 aliphatic heterocycles. The van der Waals surface area contributed by atoms with Gasteiger partial charge in [0.15, 0.2) is 0 Å². The number of benzene rings is 7. The van der Waals surface area contributed by atoms with E-state index < -0.39 is 0 Å². The van der Waals surface area contributed by atoms with Crippen LogP contribution in [0.4, 0.5) is 17.1 Å². The Labute approximate surface area is 447 Å². The Hall–Kier alpha value is -6.06. The van der Waals surface area contributed by atoms with E-state index in [0.29, 0.717) is 0 Å². The Morgan fingerprint density at radius 2 is 1.37 bits per heavy atom. The molecule has 4 atom stereocenters. The van der Waals surface area contributed by atoms with Crippen LogP contribution in [0, 0.1) is 24.7 Å². The maximum atomic E-state index is 2.89. The quantitative estimate of drug-likeness (QED) is 0.109. The van der Waals surface area contributed by atoms with Gasteiger partial charge in [-0.3, -0.25) is 0 Å². The van der Waals surface area contributed by atoms with Crippen molar-refractivity contribution in [3.8, 4) is 22.3 Å². The molecule has 376 valence electrons. The molecule has 0 saturated heterocycles. The van der Waals surface area contributed by atoms with Crippen molar-refractivity contribution in [1.82, 2.24) is 4.48 Å². The third-order valence-corrected chi connectivity index (χ3v) is 21.4. The molecule has 1 aromatic heterocycles. The monoisotopic (exact) mass is 979 g/mol. The van der Waals surface area contributed by atoms with Crippen LogP contribution in [0.3, 0.4) is 0 Å². The van der Waals surface area contributed by atoms with Gasteiger partial charge < -0.3 is 9.38 Å². The fraction of sp³-hybridized carbons (Fsp3) is 0.389. The van der Waals surface area contributed by atoms with Gasteiger partial charge in [0.1, 0.15) is 0 Å². The number of unbranched alkanes of at least 4 members (excludes halogenated alkanes) is 1. The standard InChI is InChI=1S/C72H75BN2/c1-9-11-17-46-24-26-63(53(34-46)50-18-13-12-14-19-50)74-65-39-61-60(69(5,6)58-20-15-16-21-59(58)70(61,7)8)38-62(65)73-67-55(31-44(3)32-66(67)74)57-37-52(71(10-2)41-47-22-23-48(33-47)42-71)36-56-54-35-51(25-27-64(54)75(73)68(56)57)72-29-28-49(43-72)30-45(4)40-72/h12-16,18-21,24-28,31-32,34-39,45,47-48H,9-11,17,22-23,29-30,33,40-43H2,1-8H3. The van der Waals surface area contributed by atoms with Crippen LogP contribution in [0.15, 0.2) is 139 Å². The first kappa shape index (κ1) is 46.3. The van der Waals surface area contributed by atoms with Gasteiger partial charge in [-0.1, -0.05) is 158 Å². The van der Waals surface area contributed by atoms with Gasteiger partial charge in [0.25, 0.3) is 0 Å². The molecule has 0 N–H and O–H groups in total. The summed E-state index contributed by atoms with van der Waals surface area (Å²) in [6.07, 6.45) is 19.2. The zero-order valence-corrected chi connectivity index (χ0v) is 46.1. The number of anilines is 3. The number of allylic oxidation sites excluding steroid dienone is 2. The Balaban J connectivity index is 1.06. The first-order valence-corrected chi connectivity index (χ1v) is 29.5. The molecule has 3 saturated carbocycles. The minimum Gasteiger partial charge on any atom is -0.375 e. The van der Waals surface area contributed by atoms with E-state index in [9.17, 15) is 0 Å². The van der Waals surface area contributed by atoms with Crippen molar-refractivity contribution in [3.63, 3.8) is 0 Å². The Morgan fingerprint density at radius 3 is 2.12 bits per heavy atom. The van der Waals surface area contributed by atoms with Crippen molar-refractivity contribution >= 4 is 56.6 Å². The van der Waals surface area contributed by atoms with Gasteiger partial charge in [-0.2, -0.15) is 0 Å². The van der Waals surface area contributed by atoms with E-state index in [1.165, 1.54) is 182 Å². The summed E-state index contributed by atoms with van der Waals surface area (Å²) < 4.78 is 2.89. The van der Waals surface area contributed by atoms with Crippen molar-refractivity contribution in [1.29, 1.82) is 0 Å². The molecule has 2 nitrogen and oxygen atoms in total. The van der Waals surface area contributed by atoms with Crippen molar-refractivity contribution in [3.05, 3.63) is 184 Å². The Morgan fingerprint density at radius 1 is 0.640 bits per heavy atom. The van der Waals surface area contributed by atoms with Crippen LogP contribution in [0.5, 0.6) is 0 Å². The van der Waals surface area contributed by atoms with Crippen molar-refractivity contribution in [2.24, 2.45) is 17.8 Å². The lowest BCUT2D eigenvalue weighted by molar-refractivity contribution is 0.207. The molecule has 3 fully saturated rings. The molecular weight excluding hydrogens is 904 g/mol. The topological polar surface area (TPSA) is 8.17 Å². The number of rotatable bonds is 8. The number of hydrogen-bond donors (Lipinski definition) is 0. The Kier molecular flexibility index (Phi) is 10.0. The lowest BCUT2D eigenvalue weighted by atomic mass is 9.44. The van der Waals surface area contributed by atoms with Crippen LogP contribution in [0.1, 0.15) is 170 Å². The second kappa shape index (κ2) is 16.2. The highest BCUT2D eigenvalue weighted by molar-refractivity contribution is 6.90. The van der Waals surface area contributed by atoms with Crippen LogP contribution < -0.4 is 15.8 Å². The van der Waals surface area contributed by atoms with Crippen LogP contribution >= 0.6 is 0 Å². The summed E-state index contributed by atoms with van der Waals surface area (Å²) in [6.45, 7) is 19.7. The average Bonchev–Trinajstić information content (AvgIpc) is 4.11. The lowest BCUT2D eigenvalue weighted by Crippen LogP contribution is -2.57. The van der Waals surface area contributed by atoms with Crippen LogP contribution in [-0.4, -0.2) is 11.3 Å². The molecule has 5 aliphatic carbocycles. The summed E-state index contributed by atoms with van der Waals surface area (Å²) >= 11 is 0. The third kappa shape index (κ3) is 6.52. The minimum absolute atomic E-state index is 0.0188. The minimum atomic E-state index is -0.204. The molecule has 3 heteroatoms. The van der Waals surface area contributed by atoms with Gasteiger partial charge in [0, 0.05) is 60.6 Å². The summed E-state index contributed by atoms with van der Waals surface area (Å²) in [6, 6.07) is 52.2. The number of fused-ring (bicyclic) bond motifs is 13. The van der Waals surface area contributed by atoms with Crippen molar-refractivity contribution in [2.75, 3.05) is 4.90 Å². The molecule has 4 unspecified atom stereocenters. The fourth-order valence-corrected chi connectivity index (χ4v) is 17.9. The predicted octanol–water partition coefficient (Wildman–Crippen LogP) is 17.7. The molecule has 75 heavy (non-hydrogen) atoms. The smallest absolute Gasteiger partial charge is 0.333 e. The van der Waals surface area contributed by atoms with Crippen LogP contribution in [0.25, 0.3) is 44.1 Å². The SMILES string of the molecule is CCCCc1ccc(N2c3cc4c(cc3B3c5c(cc(C)cc52)-c2cc(C5(CC)CC6CCC(C6)C5)cc5c6cc(C78CC=C(CC(C)C7)C8)ccc6n3c25)C(C)(C)c2ccccc2C4(C)C)c(-c2ccccc2)c1. The van der Waals surface area contributed by atoms with Gasteiger partial charge in [-0.05, 0) is 209 Å². The predicted molar refractivity (Wildman–Crippen MR) is 319 cm³/mol. The number of aromatic nitrogens is 1.